The highest BCUT2D eigenvalue weighted by atomic mass is 16.5. The summed E-state index contributed by atoms with van der Waals surface area (Å²) in [6, 6.07) is 0. The average Bonchev–Trinajstić information content (AvgIpc) is 2.83. The van der Waals surface area contributed by atoms with Crippen LogP contribution >= 0.6 is 0 Å². The number of likely N-dealkylation sites (tertiary alicyclic amines) is 1. The number of piperidine rings is 1. The van der Waals surface area contributed by atoms with Gasteiger partial charge < -0.3 is 14.5 Å². The van der Waals surface area contributed by atoms with Gasteiger partial charge in [0.15, 0.2) is 0 Å². The van der Waals surface area contributed by atoms with Gasteiger partial charge in [0.05, 0.1) is 18.2 Å². The minimum atomic E-state index is -0.411. The van der Waals surface area contributed by atoms with Crippen LogP contribution in [-0.4, -0.2) is 40.3 Å². The topological polar surface area (TPSA) is 66.6 Å². The van der Waals surface area contributed by atoms with E-state index in [1.54, 1.807) is 4.90 Å². The summed E-state index contributed by atoms with van der Waals surface area (Å²) in [5.74, 6) is 1.14. The lowest BCUT2D eigenvalue weighted by Crippen LogP contribution is -2.46. The van der Waals surface area contributed by atoms with Crippen LogP contribution in [0.2, 0.25) is 0 Å². The summed E-state index contributed by atoms with van der Waals surface area (Å²) in [5, 5.41) is 13.9. The van der Waals surface area contributed by atoms with E-state index in [0.717, 1.165) is 42.8 Å². The second kappa shape index (κ2) is 6.39. The van der Waals surface area contributed by atoms with E-state index < -0.39 is 6.10 Å². The molecule has 0 aromatic carbocycles. The fraction of sp³-hybridized carbons (Fsp3) is 0.733. The lowest BCUT2D eigenvalue weighted by Gasteiger charge is -2.34. The highest BCUT2D eigenvalue weighted by Crippen LogP contribution is 2.21. The third kappa shape index (κ3) is 3.03. The Kier molecular flexibility index (Phi) is 4.81. The predicted octanol–water partition coefficient (Wildman–Crippen LogP) is 1.57. The number of carbonyl (C=O) groups excluding carboxylic acids is 1. The van der Waals surface area contributed by atoms with Gasteiger partial charge in [0.2, 0.25) is 5.91 Å². The van der Waals surface area contributed by atoms with E-state index in [0.29, 0.717) is 13.0 Å². The van der Waals surface area contributed by atoms with Crippen LogP contribution in [-0.2, 0) is 24.1 Å². The number of aryl methyl sites for hydroxylation is 2. The van der Waals surface area contributed by atoms with Gasteiger partial charge in [0.1, 0.15) is 5.76 Å². The van der Waals surface area contributed by atoms with Crippen molar-refractivity contribution in [3.63, 3.8) is 0 Å². The second-order valence-corrected chi connectivity index (χ2v) is 5.59. The van der Waals surface area contributed by atoms with E-state index in [9.17, 15) is 9.90 Å². The normalized spacial score (nSPS) is 23.1. The van der Waals surface area contributed by atoms with Crippen molar-refractivity contribution in [2.75, 3.05) is 13.1 Å². The van der Waals surface area contributed by atoms with E-state index in [4.69, 9.17) is 4.52 Å². The van der Waals surface area contributed by atoms with Crippen molar-refractivity contribution in [1.29, 1.82) is 0 Å². The lowest BCUT2D eigenvalue weighted by molar-refractivity contribution is -0.134. The molecule has 0 spiro atoms. The quantitative estimate of drug-likeness (QED) is 0.909. The van der Waals surface area contributed by atoms with Crippen LogP contribution in [0.4, 0.5) is 0 Å². The van der Waals surface area contributed by atoms with Gasteiger partial charge in [-0.15, -0.1) is 0 Å². The summed E-state index contributed by atoms with van der Waals surface area (Å²) < 4.78 is 5.29. The highest BCUT2D eigenvalue weighted by molar-refractivity contribution is 5.79. The Labute approximate surface area is 119 Å². The smallest absolute Gasteiger partial charge is 0.227 e. The molecule has 1 aromatic heterocycles. The molecule has 5 nitrogen and oxygen atoms in total. The largest absolute Gasteiger partial charge is 0.391 e. The Hall–Kier alpha value is -1.36. The maximum absolute atomic E-state index is 12.4. The maximum atomic E-state index is 12.4. The summed E-state index contributed by atoms with van der Waals surface area (Å²) >= 11 is 0. The molecule has 1 aromatic rings. The minimum absolute atomic E-state index is 0.0588. The molecular formula is C15H24N2O3. The van der Waals surface area contributed by atoms with Crippen LogP contribution < -0.4 is 0 Å². The molecule has 0 saturated carbocycles. The Morgan fingerprint density at radius 1 is 1.45 bits per heavy atom. The van der Waals surface area contributed by atoms with Crippen LogP contribution in [0.3, 0.4) is 0 Å². The van der Waals surface area contributed by atoms with Gasteiger partial charge in [-0.3, -0.25) is 4.79 Å². The third-order valence-corrected chi connectivity index (χ3v) is 4.21. The molecule has 20 heavy (non-hydrogen) atoms. The number of amides is 1. The molecule has 1 fully saturated rings. The van der Waals surface area contributed by atoms with E-state index in [1.807, 2.05) is 20.8 Å². The van der Waals surface area contributed by atoms with Crippen molar-refractivity contribution in [2.45, 2.75) is 52.6 Å². The van der Waals surface area contributed by atoms with Crippen molar-refractivity contribution in [1.82, 2.24) is 10.1 Å². The van der Waals surface area contributed by atoms with E-state index in [-0.39, 0.29) is 11.8 Å². The highest BCUT2D eigenvalue weighted by Gasteiger charge is 2.28. The zero-order valence-electron chi connectivity index (χ0n) is 12.6. The molecule has 2 rings (SSSR count). The van der Waals surface area contributed by atoms with Gasteiger partial charge in [-0.25, -0.2) is 0 Å². The van der Waals surface area contributed by atoms with Crippen molar-refractivity contribution >= 4 is 5.91 Å². The van der Waals surface area contributed by atoms with Gasteiger partial charge in [0.25, 0.3) is 0 Å². The Balaban J connectivity index is 2.06. The zero-order chi connectivity index (χ0) is 14.7. The van der Waals surface area contributed by atoms with Gasteiger partial charge >= 0.3 is 0 Å². The first-order valence-electron chi connectivity index (χ1n) is 7.48. The van der Waals surface area contributed by atoms with Crippen molar-refractivity contribution in [3.8, 4) is 0 Å². The molecule has 5 heteroatoms. The lowest BCUT2D eigenvalue weighted by atomic mass is 9.95. The summed E-state index contributed by atoms with van der Waals surface area (Å²) in [6.45, 7) is 7.20. The zero-order valence-corrected chi connectivity index (χ0v) is 12.6. The molecule has 2 heterocycles. The molecule has 2 unspecified atom stereocenters. The Bertz CT molecular complexity index is 448. The van der Waals surface area contributed by atoms with Crippen LogP contribution in [0.5, 0.6) is 0 Å². The predicted molar refractivity (Wildman–Crippen MR) is 75.3 cm³/mol. The summed E-state index contributed by atoms with van der Waals surface area (Å²) in [4.78, 5) is 14.2. The summed E-state index contributed by atoms with van der Waals surface area (Å²) in [5.41, 5.74) is 1.81. The number of hydrogen-bond donors (Lipinski definition) is 1. The monoisotopic (exact) mass is 280 g/mol. The number of nitrogens with zero attached hydrogens (tertiary/aromatic N) is 2. The van der Waals surface area contributed by atoms with E-state index in [2.05, 4.69) is 5.16 Å². The third-order valence-electron chi connectivity index (χ3n) is 4.21. The molecule has 1 aliphatic rings. The molecule has 112 valence electrons. The molecule has 1 amide bonds. The van der Waals surface area contributed by atoms with Gasteiger partial charge in [0, 0.05) is 25.1 Å². The number of aromatic nitrogens is 1. The molecule has 0 aliphatic carbocycles. The number of carbonyl (C=O) groups is 1. The fourth-order valence-corrected chi connectivity index (χ4v) is 2.68. The minimum Gasteiger partial charge on any atom is -0.391 e. The first-order valence-corrected chi connectivity index (χ1v) is 7.48. The summed E-state index contributed by atoms with van der Waals surface area (Å²) in [6.07, 6.45) is 2.29. The number of rotatable bonds is 4. The molecule has 0 radical (unpaired) electrons. The van der Waals surface area contributed by atoms with Crippen molar-refractivity contribution in [2.24, 2.45) is 5.92 Å². The fourth-order valence-electron chi connectivity index (χ4n) is 2.68. The van der Waals surface area contributed by atoms with E-state index >= 15 is 0 Å². The maximum Gasteiger partial charge on any atom is 0.227 e. The number of β-amino-alcohol motifs (C(OH)–C–C–N with tert-alkyl or cyclic N) is 1. The number of aliphatic hydroxyl groups excluding tert-OH is 1. The number of aliphatic hydroxyl groups is 1. The molecule has 1 N–H and O–H groups in total. The molecule has 1 aliphatic heterocycles. The standard InChI is InChI=1S/C15H24N2O3/c1-4-12-11(14(5-2)20-16-12)8-15(19)17-7-6-10(3)13(18)9-17/h10,13,18H,4-9H2,1-3H3. The molecule has 1 saturated heterocycles. The number of hydrogen-bond acceptors (Lipinski definition) is 4. The SMILES string of the molecule is CCc1noc(CC)c1CC(=O)N1CCC(C)C(O)C1. The van der Waals surface area contributed by atoms with Crippen molar-refractivity contribution in [3.05, 3.63) is 17.0 Å². The second-order valence-electron chi connectivity index (χ2n) is 5.59. The van der Waals surface area contributed by atoms with Crippen LogP contribution in [0.15, 0.2) is 4.52 Å². The van der Waals surface area contributed by atoms with Gasteiger partial charge in [-0.05, 0) is 18.8 Å². The average molecular weight is 280 g/mol. The Morgan fingerprint density at radius 3 is 2.80 bits per heavy atom. The first kappa shape index (κ1) is 15.0. The first-order chi connectivity index (χ1) is 9.56. The Morgan fingerprint density at radius 2 is 2.20 bits per heavy atom. The molecule has 0 bridgehead atoms. The molecular weight excluding hydrogens is 256 g/mol. The van der Waals surface area contributed by atoms with Crippen LogP contribution in [0.25, 0.3) is 0 Å². The van der Waals surface area contributed by atoms with Crippen LogP contribution in [0, 0.1) is 5.92 Å². The van der Waals surface area contributed by atoms with Gasteiger partial charge in [-0.1, -0.05) is 25.9 Å². The molecule has 2 atom stereocenters. The van der Waals surface area contributed by atoms with Gasteiger partial charge in [-0.2, -0.15) is 0 Å². The van der Waals surface area contributed by atoms with Crippen molar-refractivity contribution < 1.29 is 14.4 Å². The van der Waals surface area contributed by atoms with E-state index in [1.165, 1.54) is 0 Å². The summed E-state index contributed by atoms with van der Waals surface area (Å²) in [7, 11) is 0. The van der Waals surface area contributed by atoms with Crippen LogP contribution in [0.1, 0.15) is 44.2 Å².